The number of hydrogen-bond donors (Lipinski definition) is 3. The Morgan fingerprint density at radius 1 is 1.47 bits per heavy atom. The molecule has 0 aliphatic heterocycles. The van der Waals surface area contributed by atoms with E-state index in [-0.39, 0.29) is 24.8 Å². The number of carboxylic acids is 1. The predicted octanol–water partition coefficient (Wildman–Crippen LogP) is 1.16. The van der Waals surface area contributed by atoms with Gasteiger partial charge >= 0.3 is 5.97 Å². The van der Waals surface area contributed by atoms with E-state index >= 15 is 0 Å². The SMILES string of the molecule is CC(=O)Nc1cccc(C(CN)CC(=O)O)c1. The zero-order chi connectivity index (χ0) is 12.8. The largest absolute Gasteiger partial charge is 0.481 e. The monoisotopic (exact) mass is 236 g/mol. The van der Waals surface area contributed by atoms with Crippen molar-refractivity contribution in [3.63, 3.8) is 0 Å². The number of rotatable bonds is 5. The van der Waals surface area contributed by atoms with Crippen LogP contribution in [0.15, 0.2) is 24.3 Å². The van der Waals surface area contributed by atoms with Crippen LogP contribution in [0.2, 0.25) is 0 Å². The maximum atomic E-state index is 10.9. The fourth-order valence-electron chi connectivity index (χ4n) is 1.62. The van der Waals surface area contributed by atoms with Gasteiger partial charge in [-0.15, -0.1) is 0 Å². The summed E-state index contributed by atoms with van der Waals surface area (Å²) in [5.41, 5.74) is 7.03. The number of aliphatic carboxylic acids is 1. The summed E-state index contributed by atoms with van der Waals surface area (Å²) in [6.07, 6.45) is -0.0139. The highest BCUT2D eigenvalue weighted by Crippen LogP contribution is 2.21. The topological polar surface area (TPSA) is 92.4 Å². The van der Waals surface area contributed by atoms with Gasteiger partial charge in [0.1, 0.15) is 0 Å². The fraction of sp³-hybridized carbons (Fsp3) is 0.333. The van der Waals surface area contributed by atoms with Crippen molar-refractivity contribution in [3.8, 4) is 0 Å². The van der Waals surface area contributed by atoms with Gasteiger partial charge in [-0.25, -0.2) is 0 Å². The van der Waals surface area contributed by atoms with E-state index in [0.29, 0.717) is 5.69 Å². The first-order valence-electron chi connectivity index (χ1n) is 5.32. The van der Waals surface area contributed by atoms with E-state index in [1.165, 1.54) is 6.92 Å². The Labute approximate surface area is 99.6 Å². The Balaban J connectivity index is 2.88. The first-order chi connectivity index (χ1) is 8.02. The van der Waals surface area contributed by atoms with Gasteiger partial charge in [0.25, 0.3) is 0 Å². The molecule has 1 aromatic rings. The van der Waals surface area contributed by atoms with Crippen LogP contribution in [0.3, 0.4) is 0 Å². The lowest BCUT2D eigenvalue weighted by molar-refractivity contribution is -0.137. The number of nitrogens with two attached hydrogens (primary N) is 1. The lowest BCUT2D eigenvalue weighted by Gasteiger charge is -2.14. The molecule has 0 aliphatic rings. The average Bonchev–Trinajstić information content (AvgIpc) is 2.25. The quantitative estimate of drug-likeness (QED) is 0.715. The summed E-state index contributed by atoms with van der Waals surface area (Å²) in [6.45, 7) is 1.68. The molecule has 1 rings (SSSR count). The van der Waals surface area contributed by atoms with Gasteiger partial charge in [0.05, 0.1) is 6.42 Å². The zero-order valence-corrected chi connectivity index (χ0v) is 9.64. The van der Waals surface area contributed by atoms with Crippen LogP contribution >= 0.6 is 0 Å². The third-order valence-corrected chi connectivity index (χ3v) is 2.38. The number of carbonyl (C=O) groups is 2. The van der Waals surface area contributed by atoms with Crippen molar-refractivity contribution in [2.24, 2.45) is 5.73 Å². The van der Waals surface area contributed by atoms with Crippen LogP contribution < -0.4 is 11.1 Å². The Bertz CT molecular complexity index is 418. The standard InChI is InChI=1S/C12H16N2O3/c1-8(15)14-11-4-2-3-9(5-11)10(7-13)6-12(16)17/h2-5,10H,6-7,13H2,1H3,(H,14,15)(H,16,17). The lowest BCUT2D eigenvalue weighted by atomic mass is 9.95. The van der Waals surface area contributed by atoms with Crippen LogP contribution in [-0.2, 0) is 9.59 Å². The maximum absolute atomic E-state index is 10.9. The molecule has 0 spiro atoms. The minimum absolute atomic E-state index is 0.0139. The molecule has 0 heterocycles. The number of benzene rings is 1. The van der Waals surface area contributed by atoms with Gasteiger partial charge in [-0.1, -0.05) is 12.1 Å². The third-order valence-electron chi connectivity index (χ3n) is 2.38. The molecule has 1 atom stereocenters. The third kappa shape index (κ3) is 4.24. The molecule has 4 N–H and O–H groups in total. The van der Waals surface area contributed by atoms with Crippen LogP contribution in [0, 0.1) is 0 Å². The first kappa shape index (κ1) is 13.2. The summed E-state index contributed by atoms with van der Waals surface area (Å²) < 4.78 is 0. The molecule has 5 heteroatoms. The minimum Gasteiger partial charge on any atom is -0.481 e. The van der Waals surface area contributed by atoms with Gasteiger partial charge in [0.15, 0.2) is 0 Å². The summed E-state index contributed by atoms with van der Waals surface area (Å²) in [6, 6.07) is 7.08. The van der Waals surface area contributed by atoms with E-state index in [1.54, 1.807) is 18.2 Å². The van der Waals surface area contributed by atoms with E-state index < -0.39 is 5.97 Å². The van der Waals surface area contributed by atoms with Gasteiger partial charge in [0.2, 0.25) is 5.91 Å². The molecule has 92 valence electrons. The van der Waals surface area contributed by atoms with Crippen LogP contribution in [0.25, 0.3) is 0 Å². The number of carbonyl (C=O) groups excluding carboxylic acids is 1. The van der Waals surface area contributed by atoms with E-state index in [4.69, 9.17) is 10.8 Å². The molecule has 1 amide bonds. The summed E-state index contributed by atoms with van der Waals surface area (Å²) in [5, 5.41) is 11.4. The van der Waals surface area contributed by atoms with Crippen molar-refractivity contribution in [3.05, 3.63) is 29.8 Å². The highest BCUT2D eigenvalue weighted by Gasteiger charge is 2.14. The Hall–Kier alpha value is -1.88. The summed E-state index contributed by atoms with van der Waals surface area (Å²) in [4.78, 5) is 21.6. The number of carboxylic acid groups (broad SMARTS) is 1. The maximum Gasteiger partial charge on any atom is 0.304 e. The van der Waals surface area contributed by atoms with Crippen molar-refractivity contribution < 1.29 is 14.7 Å². The normalized spacial score (nSPS) is 11.9. The van der Waals surface area contributed by atoms with E-state index in [9.17, 15) is 9.59 Å². The van der Waals surface area contributed by atoms with Gasteiger partial charge in [0, 0.05) is 18.5 Å². The molecule has 0 saturated heterocycles. The second-order valence-corrected chi connectivity index (χ2v) is 3.84. The summed E-state index contributed by atoms with van der Waals surface area (Å²) in [5.74, 6) is -1.28. The number of amides is 1. The first-order valence-corrected chi connectivity index (χ1v) is 5.32. The van der Waals surface area contributed by atoms with Gasteiger partial charge in [-0.05, 0) is 24.2 Å². The second-order valence-electron chi connectivity index (χ2n) is 3.84. The molecule has 1 unspecified atom stereocenters. The van der Waals surface area contributed by atoms with Crippen LogP contribution in [0.1, 0.15) is 24.8 Å². The van der Waals surface area contributed by atoms with Gasteiger partial charge < -0.3 is 16.2 Å². The molecule has 0 radical (unpaired) electrons. The van der Waals surface area contributed by atoms with Crippen LogP contribution in [0.5, 0.6) is 0 Å². The van der Waals surface area contributed by atoms with Crippen LogP contribution in [-0.4, -0.2) is 23.5 Å². The highest BCUT2D eigenvalue weighted by atomic mass is 16.4. The lowest BCUT2D eigenvalue weighted by Crippen LogP contribution is -2.16. The zero-order valence-electron chi connectivity index (χ0n) is 9.64. The summed E-state index contributed by atoms with van der Waals surface area (Å²) >= 11 is 0. The Morgan fingerprint density at radius 3 is 2.71 bits per heavy atom. The molecular formula is C12H16N2O3. The number of nitrogens with one attached hydrogen (secondary N) is 1. The van der Waals surface area contributed by atoms with Crippen molar-refractivity contribution in [1.29, 1.82) is 0 Å². The Kier molecular flexibility index (Phi) is 4.66. The van der Waals surface area contributed by atoms with Crippen molar-refractivity contribution in [2.45, 2.75) is 19.3 Å². The van der Waals surface area contributed by atoms with Gasteiger partial charge in [-0.2, -0.15) is 0 Å². The predicted molar refractivity (Wildman–Crippen MR) is 64.8 cm³/mol. The second kappa shape index (κ2) is 6.00. The fourth-order valence-corrected chi connectivity index (χ4v) is 1.62. The molecule has 5 nitrogen and oxygen atoms in total. The van der Waals surface area contributed by atoms with E-state index in [0.717, 1.165) is 5.56 Å². The number of hydrogen-bond acceptors (Lipinski definition) is 3. The average molecular weight is 236 g/mol. The minimum atomic E-state index is -0.884. The van der Waals surface area contributed by atoms with Crippen molar-refractivity contribution in [1.82, 2.24) is 0 Å². The summed E-state index contributed by atoms with van der Waals surface area (Å²) in [7, 11) is 0. The van der Waals surface area contributed by atoms with E-state index in [1.807, 2.05) is 6.07 Å². The molecule has 0 aliphatic carbocycles. The van der Waals surface area contributed by atoms with Gasteiger partial charge in [-0.3, -0.25) is 9.59 Å². The number of anilines is 1. The molecule has 0 saturated carbocycles. The van der Waals surface area contributed by atoms with Crippen molar-refractivity contribution in [2.75, 3.05) is 11.9 Å². The van der Waals surface area contributed by atoms with Crippen LogP contribution in [0.4, 0.5) is 5.69 Å². The smallest absolute Gasteiger partial charge is 0.304 e. The Morgan fingerprint density at radius 2 is 2.18 bits per heavy atom. The molecule has 0 aromatic heterocycles. The van der Waals surface area contributed by atoms with Crippen molar-refractivity contribution >= 4 is 17.6 Å². The highest BCUT2D eigenvalue weighted by molar-refractivity contribution is 5.88. The van der Waals surface area contributed by atoms with E-state index in [2.05, 4.69) is 5.32 Å². The molecule has 0 fully saturated rings. The molecule has 0 bridgehead atoms. The molecular weight excluding hydrogens is 220 g/mol. The molecule has 1 aromatic carbocycles. The molecule has 17 heavy (non-hydrogen) atoms.